The van der Waals surface area contributed by atoms with Gasteiger partial charge in [-0.25, -0.2) is 13.6 Å². The van der Waals surface area contributed by atoms with Gasteiger partial charge in [0.25, 0.3) is 0 Å². The molecule has 1 saturated heterocycles. The summed E-state index contributed by atoms with van der Waals surface area (Å²) in [4.78, 5) is 26.6. The van der Waals surface area contributed by atoms with E-state index in [9.17, 15) is 18.4 Å². The van der Waals surface area contributed by atoms with Crippen LogP contribution in [0, 0.1) is 11.6 Å². The van der Waals surface area contributed by atoms with Gasteiger partial charge in [0.1, 0.15) is 11.6 Å². The minimum atomic E-state index is -0.652. The maximum absolute atomic E-state index is 14.2. The molecule has 30 heavy (non-hydrogen) atoms. The molecule has 1 aliphatic heterocycles. The van der Waals surface area contributed by atoms with Crippen LogP contribution in [0.3, 0.4) is 0 Å². The highest BCUT2D eigenvalue weighted by atomic mass is 35.5. The Labute approximate surface area is 182 Å². The first kappa shape index (κ1) is 22.0. The minimum absolute atomic E-state index is 0.0245. The second-order valence-corrected chi connectivity index (χ2v) is 7.31. The van der Waals surface area contributed by atoms with E-state index >= 15 is 0 Å². The van der Waals surface area contributed by atoms with Gasteiger partial charge in [-0.2, -0.15) is 0 Å². The maximum atomic E-state index is 14.2. The molecule has 0 spiro atoms. The van der Waals surface area contributed by atoms with Crippen LogP contribution < -0.4 is 0 Å². The lowest BCUT2D eigenvalue weighted by atomic mass is 9.94. The van der Waals surface area contributed by atoms with E-state index in [1.54, 1.807) is 6.92 Å². The Morgan fingerprint density at radius 1 is 1.00 bits per heavy atom. The lowest BCUT2D eigenvalue weighted by molar-refractivity contribution is -0.113. The zero-order chi connectivity index (χ0) is 21.8. The predicted molar refractivity (Wildman–Crippen MR) is 112 cm³/mol. The summed E-state index contributed by atoms with van der Waals surface area (Å²) in [6.07, 6.45) is 1.94. The summed E-state index contributed by atoms with van der Waals surface area (Å²) >= 11 is 12.1. The van der Waals surface area contributed by atoms with Crippen molar-refractivity contribution < 1.29 is 23.1 Å². The fraction of sp³-hybridized carbons (Fsp3) is 0.182. The third kappa shape index (κ3) is 4.71. The predicted octanol–water partition coefficient (Wildman–Crippen LogP) is 5.78. The fourth-order valence-electron chi connectivity index (χ4n) is 3.03. The topological polar surface area (TPSA) is 46.6 Å². The summed E-state index contributed by atoms with van der Waals surface area (Å²) in [6.45, 7) is 1.58. The number of benzene rings is 2. The van der Waals surface area contributed by atoms with Crippen molar-refractivity contribution in [3.05, 3.63) is 80.4 Å². The third-order valence-corrected chi connectivity index (χ3v) is 5.13. The lowest BCUT2D eigenvalue weighted by Gasteiger charge is -2.29. The molecule has 1 heterocycles. The Morgan fingerprint density at radius 2 is 1.47 bits per heavy atom. The molecule has 4 nitrogen and oxygen atoms in total. The van der Waals surface area contributed by atoms with Crippen LogP contribution >= 0.6 is 23.2 Å². The average molecular weight is 452 g/mol. The number of carbonyl (C=O) groups is 2. The van der Waals surface area contributed by atoms with Crippen LogP contribution in [0.1, 0.15) is 18.1 Å². The van der Waals surface area contributed by atoms with E-state index in [1.807, 2.05) is 0 Å². The number of ketones is 1. The lowest BCUT2D eigenvalue weighted by Crippen LogP contribution is -2.42. The van der Waals surface area contributed by atoms with Crippen LogP contribution in [0.4, 0.5) is 13.6 Å². The van der Waals surface area contributed by atoms with Crippen LogP contribution in [0.2, 0.25) is 10.0 Å². The van der Waals surface area contributed by atoms with Gasteiger partial charge in [-0.05, 0) is 43.3 Å². The molecule has 0 aliphatic carbocycles. The molecule has 0 atom stereocenters. The second kappa shape index (κ2) is 9.41. The molecular formula is C22H17Cl2F2NO3. The summed E-state index contributed by atoms with van der Waals surface area (Å²) in [7, 11) is 0. The number of halogens is 4. The van der Waals surface area contributed by atoms with Crippen molar-refractivity contribution in [2.45, 2.75) is 6.92 Å². The van der Waals surface area contributed by atoms with E-state index in [0.29, 0.717) is 0 Å². The summed E-state index contributed by atoms with van der Waals surface area (Å²) in [5, 5.41) is 0.234. The number of ether oxygens (including phenoxy) is 1. The van der Waals surface area contributed by atoms with Crippen molar-refractivity contribution in [1.82, 2.24) is 4.90 Å². The highest BCUT2D eigenvalue weighted by molar-refractivity contribution is 6.33. The molecule has 8 heteroatoms. The van der Waals surface area contributed by atoms with Gasteiger partial charge in [-0.3, -0.25) is 9.69 Å². The van der Waals surface area contributed by atoms with Crippen molar-refractivity contribution in [2.24, 2.45) is 0 Å². The standard InChI is InChI=1S/C22H17Cl2F2NO3/c1-2-30-22(29)27-11-13(9-15-17(23)5-3-7-19(15)25)21(28)14(12-27)10-16-18(24)6-4-8-20(16)26/h3-10H,2,11-12H2,1H3/b13-9+,14-10+. The van der Waals surface area contributed by atoms with E-state index in [1.165, 1.54) is 53.5 Å². The number of hydrogen-bond acceptors (Lipinski definition) is 3. The van der Waals surface area contributed by atoms with Gasteiger partial charge in [0.05, 0.1) is 29.7 Å². The molecule has 1 aliphatic rings. The van der Waals surface area contributed by atoms with Gasteiger partial charge >= 0.3 is 6.09 Å². The Morgan fingerprint density at radius 3 is 1.87 bits per heavy atom. The van der Waals surface area contributed by atoms with Crippen LogP contribution in [-0.4, -0.2) is 36.5 Å². The van der Waals surface area contributed by atoms with Gasteiger partial charge in [0.15, 0.2) is 5.78 Å². The molecule has 3 rings (SSSR count). The Bertz CT molecular complexity index is 952. The van der Waals surface area contributed by atoms with Gasteiger partial charge in [0, 0.05) is 22.3 Å². The first-order chi connectivity index (χ1) is 14.3. The largest absolute Gasteiger partial charge is 0.450 e. The van der Waals surface area contributed by atoms with Crippen LogP contribution in [-0.2, 0) is 9.53 Å². The van der Waals surface area contributed by atoms with E-state index in [-0.39, 0.29) is 52.0 Å². The first-order valence-electron chi connectivity index (χ1n) is 9.07. The van der Waals surface area contributed by atoms with E-state index in [4.69, 9.17) is 27.9 Å². The minimum Gasteiger partial charge on any atom is -0.450 e. The third-order valence-electron chi connectivity index (χ3n) is 4.47. The van der Waals surface area contributed by atoms with E-state index in [0.717, 1.165) is 0 Å². The summed E-state index contributed by atoms with van der Waals surface area (Å²) < 4.78 is 33.5. The number of rotatable bonds is 3. The summed E-state index contributed by atoms with van der Waals surface area (Å²) in [6, 6.07) is 8.29. The summed E-state index contributed by atoms with van der Waals surface area (Å²) in [5.41, 5.74) is 0.271. The molecule has 0 saturated carbocycles. The number of piperidine rings is 1. The van der Waals surface area contributed by atoms with Crippen molar-refractivity contribution in [3.63, 3.8) is 0 Å². The van der Waals surface area contributed by atoms with Gasteiger partial charge in [-0.15, -0.1) is 0 Å². The highest BCUT2D eigenvalue weighted by Crippen LogP contribution is 2.28. The fourth-order valence-corrected chi connectivity index (χ4v) is 3.46. The van der Waals surface area contributed by atoms with Gasteiger partial charge in [-0.1, -0.05) is 35.3 Å². The molecule has 2 aromatic carbocycles. The van der Waals surface area contributed by atoms with Crippen LogP contribution in [0.25, 0.3) is 12.2 Å². The number of carbonyl (C=O) groups excluding carboxylic acids is 2. The number of hydrogen-bond donors (Lipinski definition) is 0. The van der Waals surface area contributed by atoms with E-state index in [2.05, 4.69) is 0 Å². The Hall–Kier alpha value is -2.70. The highest BCUT2D eigenvalue weighted by Gasteiger charge is 2.30. The van der Waals surface area contributed by atoms with Crippen molar-refractivity contribution in [2.75, 3.05) is 19.7 Å². The molecule has 2 aromatic rings. The molecular weight excluding hydrogens is 435 g/mol. The van der Waals surface area contributed by atoms with Crippen molar-refractivity contribution in [3.8, 4) is 0 Å². The van der Waals surface area contributed by atoms with Crippen molar-refractivity contribution in [1.29, 1.82) is 0 Å². The SMILES string of the molecule is CCOC(=O)N1C/C(=C\c2c(F)cccc2Cl)C(=O)/C(=C/c2c(F)cccc2Cl)C1. The quantitative estimate of drug-likeness (QED) is 0.555. The molecule has 0 N–H and O–H groups in total. The molecule has 0 radical (unpaired) electrons. The number of nitrogens with zero attached hydrogens (tertiary/aromatic N) is 1. The van der Waals surface area contributed by atoms with Crippen LogP contribution in [0.15, 0.2) is 47.5 Å². The number of amides is 1. The average Bonchev–Trinajstić information content (AvgIpc) is 2.70. The van der Waals surface area contributed by atoms with E-state index < -0.39 is 23.5 Å². The molecule has 156 valence electrons. The molecule has 0 unspecified atom stereocenters. The zero-order valence-electron chi connectivity index (χ0n) is 15.9. The molecule has 0 aromatic heterocycles. The number of Topliss-reactive ketones (excluding diaryl/α,β-unsaturated/α-hetero) is 1. The number of likely N-dealkylation sites (tertiary alicyclic amines) is 1. The first-order valence-corrected chi connectivity index (χ1v) is 9.83. The molecule has 1 amide bonds. The monoisotopic (exact) mass is 451 g/mol. The normalized spacial score (nSPS) is 17.0. The van der Waals surface area contributed by atoms with Crippen molar-refractivity contribution >= 4 is 47.2 Å². The Balaban J connectivity index is 2.09. The summed E-state index contributed by atoms with van der Waals surface area (Å²) in [5.74, 6) is -1.69. The Kier molecular flexibility index (Phi) is 6.90. The van der Waals surface area contributed by atoms with Crippen LogP contribution in [0.5, 0.6) is 0 Å². The molecule has 1 fully saturated rings. The molecule has 0 bridgehead atoms. The zero-order valence-corrected chi connectivity index (χ0v) is 17.4. The van der Waals surface area contributed by atoms with Gasteiger partial charge < -0.3 is 4.74 Å². The van der Waals surface area contributed by atoms with Gasteiger partial charge in [0.2, 0.25) is 0 Å². The second-order valence-electron chi connectivity index (χ2n) is 6.49. The maximum Gasteiger partial charge on any atom is 0.410 e. The smallest absolute Gasteiger partial charge is 0.410 e.